The van der Waals surface area contributed by atoms with Gasteiger partial charge in [0.1, 0.15) is 9.96 Å². The first-order chi connectivity index (χ1) is 25.9. The number of alkyl halides is 3. The number of fused-ring (bicyclic) bond motifs is 8. The number of allylic oxidation sites excluding steroid dienone is 2. The van der Waals surface area contributed by atoms with E-state index in [1.54, 1.807) is 23.6 Å². The summed E-state index contributed by atoms with van der Waals surface area (Å²) in [5.41, 5.74) is 0.00735. The van der Waals surface area contributed by atoms with E-state index in [9.17, 15) is 45.4 Å². The van der Waals surface area contributed by atoms with Crippen LogP contribution in [0.2, 0.25) is 0 Å². The highest BCUT2D eigenvalue weighted by Gasteiger charge is 2.58. The van der Waals surface area contributed by atoms with E-state index in [2.05, 4.69) is 4.74 Å². The van der Waals surface area contributed by atoms with E-state index in [4.69, 9.17) is 0 Å². The van der Waals surface area contributed by atoms with Crippen molar-refractivity contribution in [2.45, 2.75) is 93.5 Å². The average molecular weight is 804 g/mol. The number of hydrogen-bond donors (Lipinski definition) is 2. The monoisotopic (exact) mass is 803 g/mol. The Morgan fingerprint density at radius 1 is 1.00 bits per heavy atom. The van der Waals surface area contributed by atoms with Crippen LogP contribution in [-0.4, -0.2) is 53.3 Å². The van der Waals surface area contributed by atoms with Gasteiger partial charge in [0, 0.05) is 29.6 Å². The summed E-state index contributed by atoms with van der Waals surface area (Å²) in [5, 5.41) is 25.4. The number of sulfonamides is 1. The van der Waals surface area contributed by atoms with Gasteiger partial charge in [0.05, 0.1) is 11.7 Å². The zero-order valence-electron chi connectivity index (χ0n) is 30.3. The summed E-state index contributed by atoms with van der Waals surface area (Å²) in [5.74, 6) is -3.83. The molecule has 55 heavy (non-hydrogen) atoms. The van der Waals surface area contributed by atoms with Crippen LogP contribution in [0.3, 0.4) is 0 Å². The maximum absolute atomic E-state index is 14.4. The highest BCUT2D eigenvalue weighted by Crippen LogP contribution is 2.59. The van der Waals surface area contributed by atoms with Gasteiger partial charge in [0.25, 0.3) is 10.0 Å². The number of rotatable bonds is 9. The maximum Gasteiger partial charge on any atom is 0.573 e. The van der Waals surface area contributed by atoms with E-state index in [1.807, 2.05) is 26.0 Å². The lowest BCUT2D eigenvalue weighted by molar-refractivity contribution is -0.274. The van der Waals surface area contributed by atoms with Crippen molar-refractivity contribution in [2.24, 2.45) is 5.41 Å². The molecule has 4 unspecified atom stereocenters. The minimum absolute atomic E-state index is 0.0228. The van der Waals surface area contributed by atoms with Gasteiger partial charge in [0.15, 0.2) is 17.4 Å². The highest BCUT2D eigenvalue weighted by atomic mass is 32.2. The van der Waals surface area contributed by atoms with Crippen LogP contribution >= 0.6 is 11.3 Å². The molecular weight excluding hydrogens is 762 g/mol. The number of ketones is 1. The van der Waals surface area contributed by atoms with E-state index < -0.39 is 62.6 Å². The SMILES string of the molecule is CC1=CCCC2(C)C(CCC2(O)CN(Cc2ccc(OC(F)(F)F)cc2)S(=O)(=O)c2cccs2)c2ccc(cc2C(=O)c2ccc(F)c(F)c2)CC(O)CC1. The third-order valence-corrected chi connectivity index (χ3v) is 14.3. The Balaban J connectivity index is 1.44. The summed E-state index contributed by atoms with van der Waals surface area (Å²) in [7, 11) is -4.24. The van der Waals surface area contributed by atoms with Crippen molar-refractivity contribution in [3.05, 3.63) is 129 Å². The molecule has 7 nitrogen and oxygen atoms in total. The van der Waals surface area contributed by atoms with Crippen molar-refractivity contribution in [1.29, 1.82) is 0 Å². The molecule has 294 valence electrons. The number of carbonyl (C=O) groups excluding carboxylic acids is 1. The van der Waals surface area contributed by atoms with Gasteiger partial charge < -0.3 is 14.9 Å². The predicted octanol–water partition coefficient (Wildman–Crippen LogP) is 9.09. The second kappa shape index (κ2) is 15.9. The highest BCUT2D eigenvalue weighted by molar-refractivity contribution is 7.91. The molecule has 0 spiro atoms. The van der Waals surface area contributed by atoms with Crippen molar-refractivity contribution in [3.8, 4) is 5.75 Å². The van der Waals surface area contributed by atoms with E-state index in [1.165, 1.54) is 24.3 Å². The molecule has 1 heterocycles. The number of thiophene rings is 1. The first-order valence-corrected chi connectivity index (χ1v) is 20.3. The Labute approximate surface area is 321 Å². The first kappa shape index (κ1) is 40.7. The molecule has 2 N–H and O–H groups in total. The Kier molecular flexibility index (Phi) is 11.8. The average Bonchev–Trinajstić information content (AvgIpc) is 3.76. The lowest BCUT2D eigenvalue weighted by Crippen LogP contribution is -2.53. The Morgan fingerprint density at radius 3 is 2.42 bits per heavy atom. The standard InChI is InChI=1S/C41H42F5NO6S2/c1-26-5-3-18-39(2)34(32-15-10-28(21-30(48)12-7-26)22-33(32)38(49)29-11-16-35(42)36(43)23-29)17-19-40(39,50)25-47(55(51,52)37-6-4-20-54-37)24-27-8-13-31(14-9-27)53-41(44,45)46/h4-6,8-11,13-16,20,22-23,30,34,48,50H,3,7,12,17-19,21,24-25H2,1-2H3. The van der Waals surface area contributed by atoms with Crippen LogP contribution in [0.4, 0.5) is 22.0 Å². The maximum atomic E-state index is 14.4. The number of nitrogens with zero attached hydrogens (tertiary/aromatic N) is 1. The number of aliphatic hydroxyl groups excluding tert-OH is 1. The van der Waals surface area contributed by atoms with Gasteiger partial charge in [0.2, 0.25) is 0 Å². The normalized spacial score (nSPS) is 23.6. The number of ether oxygens (including phenoxy) is 1. The second-order valence-electron chi connectivity index (χ2n) is 14.8. The van der Waals surface area contributed by atoms with E-state index in [0.717, 1.165) is 45.5 Å². The van der Waals surface area contributed by atoms with Crippen LogP contribution in [0.5, 0.6) is 5.75 Å². The molecule has 3 aliphatic carbocycles. The van der Waals surface area contributed by atoms with Crippen molar-refractivity contribution in [3.63, 3.8) is 0 Å². The largest absolute Gasteiger partial charge is 0.573 e. The van der Waals surface area contributed by atoms with Crippen LogP contribution in [-0.2, 0) is 23.0 Å². The summed E-state index contributed by atoms with van der Waals surface area (Å²) in [6.07, 6.45) is -0.940. The summed E-state index contributed by atoms with van der Waals surface area (Å²) < 4.78 is 101. The molecule has 0 aliphatic heterocycles. The van der Waals surface area contributed by atoms with E-state index in [-0.39, 0.29) is 41.3 Å². The zero-order valence-corrected chi connectivity index (χ0v) is 31.9. The molecule has 0 amide bonds. The van der Waals surface area contributed by atoms with Gasteiger partial charge in [-0.3, -0.25) is 4.79 Å². The second-order valence-corrected chi connectivity index (χ2v) is 17.9. The van der Waals surface area contributed by atoms with Gasteiger partial charge in [-0.25, -0.2) is 17.2 Å². The van der Waals surface area contributed by atoms with Crippen LogP contribution in [0.15, 0.2) is 94.0 Å². The topological polar surface area (TPSA) is 104 Å². The molecule has 3 aliphatic rings. The molecular formula is C41H42F5NO6S2. The summed E-state index contributed by atoms with van der Waals surface area (Å²) in [6.45, 7) is 3.19. The number of benzene rings is 3. The van der Waals surface area contributed by atoms with Gasteiger partial charge in [-0.1, -0.05) is 48.9 Å². The Hall–Kier alpha value is -3.95. The van der Waals surface area contributed by atoms with E-state index >= 15 is 0 Å². The number of halogens is 5. The van der Waals surface area contributed by atoms with Crippen LogP contribution in [0, 0.1) is 17.0 Å². The summed E-state index contributed by atoms with van der Waals surface area (Å²) in [4.78, 5) is 14.2. The minimum Gasteiger partial charge on any atom is -0.406 e. The van der Waals surface area contributed by atoms with Crippen molar-refractivity contribution in [1.82, 2.24) is 4.31 Å². The lowest BCUT2D eigenvalue weighted by atomic mass is 9.64. The quantitative estimate of drug-likeness (QED) is 0.0995. The molecule has 3 aromatic carbocycles. The summed E-state index contributed by atoms with van der Waals surface area (Å²) >= 11 is 0.996. The van der Waals surface area contributed by atoms with Gasteiger partial charge in [-0.15, -0.1) is 24.5 Å². The fourth-order valence-corrected chi connectivity index (χ4v) is 10.7. The number of hydrogen-bond acceptors (Lipinski definition) is 7. The molecule has 1 saturated carbocycles. The molecule has 4 aromatic rings. The molecule has 1 fully saturated rings. The van der Waals surface area contributed by atoms with Gasteiger partial charge in [-0.05, 0) is 122 Å². The van der Waals surface area contributed by atoms with Crippen LogP contribution in [0.25, 0.3) is 0 Å². The number of carbonyl (C=O) groups is 1. The minimum atomic E-state index is -4.91. The molecule has 4 atom stereocenters. The smallest absolute Gasteiger partial charge is 0.406 e. The predicted molar refractivity (Wildman–Crippen MR) is 198 cm³/mol. The molecule has 7 rings (SSSR count). The fourth-order valence-electron chi connectivity index (χ4n) is 8.04. The van der Waals surface area contributed by atoms with Crippen LogP contribution < -0.4 is 4.74 Å². The van der Waals surface area contributed by atoms with Gasteiger partial charge in [-0.2, -0.15) is 4.31 Å². The molecule has 0 saturated heterocycles. The lowest BCUT2D eigenvalue weighted by Gasteiger charge is -2.46. The van der Waals surface area contributed by atoms with Gasteiger partial charge >= 0.3 is 6.36 Å². The van der Waals surface area contributed by atoms with E-state index in [0.29, 0.717) is 48.8 Å². The third-order valence-electron chi connectivity index (χ3n) is 11.1. The molecule has 14 heteroatoms. The van der Waals surface area contributed by atoms with Crippen molar-refractivity contribution < 1.29 is 50.1 Å². The number of aliphatic hydroxyl groups is 2. The molecule has 0 radical (unpaired) electrons. The fraction of sp³-hybridized carbons (Fsp3) is 0.390. The molecule has 1 aromatic heterocycles. The van der Waals surface area contributed by atoms with Crippen LogP contribution in [0.1, 0.15) is 90.9 Å². The molecule has 2 bridgehead atoms. The summed E-state index contributed by atoms with van der Waals surface area (Å²) in [6, 6.07) is 16.1. The third kappa shape index (κ3) is 8.88. The van der Waals surface area contributed by atoms with Crippen molar-refractivity contribution in [2.75, 3.05) is 6.54 Å². The Bertz CT molecular complexity index is 2160. The zero-order chi connectivity index (χ0) is 39.8. The van der Waals surface area contributed by atoms with Crippen molar-refractivity contribution >= 4 is 27.1 Å². The first-order valence-electron chi connectivity index (χ1n) is 18.0. The Morgan fingerprint density at radius 2 is 1.75 bits per heavy atom.